The number of benzene rings is 1. The number of carbonyl (C=O) groups is 1. The van der Waals surface area contributed by atoms with Gasteiger partial charge < -0.3 is 5.73 Å². The Labute approximate surface area is 119 Å². The minimum absolute atomic E-state index is 0.238. The summed E-state index contributed by atoms with van der Waals surface area (Å²) < 4.78 is 1.74. The van der Waals surface area contributed by atoms with Gasteiger partial charge in [0.15, 0.2) is 0 Å². The SMILES string of the molecule is NC(=O)C(Cl)C1SC=NN1SCc1ccccc1. The van der Waals surface area contributed by atoms with Crippen molar-refractivity contribution in [2.24, 2.45) is 10.8 Å². The van der Waals surface area contributed by atoms with Gasteiger partial charge in [0.1, 0.15) is 10.8 Å². The Morgan fingerprint density at radius 1 is 1.56 bits per heavy atom. The molecule has 18 heavy (non-hydrogen) atoms. The molecule has 0 bridgehead atoms. The van der Waals surface area contributed by atoms with E-state index in [1.807, 2.05) is 30.3 Å². The third kappa shape index (κ3) is 3.34. The van der Waals surface area contributed by atoms with Crippen molar-refractivity contribution in [1.29, 1.82) is 0 Å². The maximum atomic E-state index is 11.1. The van der Waals surface area contributed by atoms with Crippen molar-refractivity contribution in [3.05, 3.63) is 35.9 Å². The molecular formula is C11H12ClN3OS2. The highest BCUT2D eigenvalue weighted by Gasteiger charge is 2.33. The van der Waals surface area contributed by atoms with E-state index in [0.717, 1.165) is 5.75 Å². The van der Waals surface area contributed by atoms with Gasteiger partial charge in [-0.05, 0) is 17.5 Å². The van der Waals surface area contributed by atoms with Gasteiger partial charge in [-0.3, -0.25) is 4.79 Å². The molecule has 1 amide bonds. The van der Waals surface area contributed by atoms with Crippen LogP contribution in [0.1, 0.15) is 5.56 Å². The van der Waals surface area contributed by atoms with Crippen LogP contribution in [-0.2, 0) is 10.5 Å². The van der Waals surface area contributed by atoms with Gasteiger partial charge in [0.05, 0.1) is 5.55 Å². The van der Waals surface area contributed by atoms with Gasteiger partial charge in [0.2, 0.25) is 5.91 Å². The summed E-state index contributed by atoms with van der Waals surface area (Å²) in [5.74, 6) is 0.252. The monoisotopic (exact) mass is 301 g/mol. The molecule has 1 aliphatic rings. The Balaban J connectivity index is 1.92. The maximum absolute atomic E-state index is 11.1. The number of alkyl halides is 1. The van der Waals surface area contributed by atoms with Crippen LogP contribution >= 0.6 is 35.3 Å². The molecule has 2 atom stereocenters. The first-order chi connectivity index (χ1) is 8.68. The molecule has 2 N–H and O–H groups in total. The normalized spacial score (nSPS) is 20.1. The molecule has 7 heteroatoms. The van der Waals surface area contributed by atoms with Crippen molar-refractivity contribution in [1.82, 2.24) is 4.41 Å². The van der Waals surface area contributed by atoms with Crippen LogP contribution in [0.3, 0.4) is 0 Å². The second-order valence-corrected chi connectivity index (χ2v) is 5.97. The number of hydrogen-bond acceptors (Lipinski definition) is 5. The highest BCUT2D eigenvalue weighted by Crippen LogP contribution is 2.33. The number of amides is 1. The number of nitrogens with zero attached hydrogens (tertiary/aromatic N) is 2. The van der Waals surface area contributed by atoms with E-state index in [4.69, 9.17) is 17.3 Å². The molecule has 0 saturated heterocycles. The van der Waals surface area contributed by atoms with Crippen molar-refractivity contribution in [2.45, 2.75) is 16.5 Å². The molecule has 2 rings (SSSR count). The third-order valence-electron chi connectivity index (χ3n) is 2.31. The first kappa shape index (κ1) is 13.6. The van der Waals surface area contributed by atoms with Crippen LogP contribution in [0.4, 0.5) is 0 Å². The quantitative estimate of drug-likeness (QED) is 0.669. The van der Waals surface area contributed by atoms with E-state index in [-0.39, 0.29) is 5.37 Å². The molecule has 0 aliphatic carbocycles. The molecule has 96 valence electrons. The van der Waals surface area contributed by atoms with Gasteiger partial charge in [0, 0.05) is 5.75 Å². The molecule has 0 radical (unpaired) electrons. The Morgan fingerprint density at radius 2 is 2.28 bits per heavy atom. The summed E-state index contributed by atoms with van der Waals surface area (Å²) in [4.78, 5) is 11.1. The summed E-state index contributed by atoms with van der Waals surface area (Å²) in [5.41, 5.74) is 8.08. The smallest absolute Gasteiger partial charge is 0.238 e. The minimum Gasteiger partial charge on any atom is -0.368 e. The van der Waals surface area contributed by atoms with Crippen molar-refractivity contribution in [2.75, 3.05) is 0 Å². The van der Waals surface area contributed by atoms with E-state index < -0.39 is 11.3 Å². The Bertz CT molecular complexity index is 443. The summed E-state index contributed by atoms with van der Waals surface area (Å²) in [6, 6.07) is 10.0. The van der Waals surface area contributed by atoms with E-state index in [1.54, 1.807) is 9.96 Å². The predicted molar refractivity (Wildman–Crippen MR) is 78.3 cm³/mol. The minimum atomic E-state index is -0.749. The standard InChI is InChI=1S/C11H12ClN3OS2/c12-9(10(13)16)11-15(14-7-17-11)18-6-8-4-2-1-3-5-8/h1-5,7,9,11H,6H2,(H2,13,16). The lowest BCUT2D eigenvalue weighted by Gasteiger charge is -2.23. The van der Waals surface area contributed by atoms with Crippen LogP contribution in [0.5, 0.6) is 0 Å². The zero-order valence-electron chi connectivity index (χ0n) is 9.40. The molecule has 1 heterocycles. The largest absolute Gasteiger partial charge is 0.368 e. The Kier molecular flexibility index (Phi) is 4.79. The third-order valence-corrected chi connectivity index (χ3v) is 5.06. The van der Waals surface area contributed by atoms with Crippen molar-refractivity contribution in [3.8, 4) is 0 Å². The molecule has 0 saturated carbocycles. The number of nitrogens with two attached hydrogens (primary N) is 1. The van der Waals surface area contributed by atoms with Crippen LogP contribution in [-0.4, -0.2) is 26.6 Å². The summed E-state index contributed by atoms with van der Waals surface area (Å²) in [6.07, 6.45) is 0. The first-order valence-electron chi connectivity index (χ1n) is 5.26. The molecule has 0 aromatic heterocycles. The number of rotatable bonds is 5. The van der Waals surface area contributed by atoms with Gasteiger partial charge in [-0.15, -0.1) is 11.6 Å². The highest BCUT2D eigenvalue weighted by atomic mass is 35.5. The van der Waals surface area contributed by atoms with E-state index in [0.29, 0.717) is 0 Å². The summed E-state index contributed by atoms with van der Waals surface area (Å²) in [5, 5.41) is 3.19. The fourth-order valence-electron chi connectivity index (χ4n) is 1.40. The first-order valence-corrected chi connectivity index (χ1v) is 7.58. The van der Waals surface area contributed by atoms with Crippen LogP contribution < -0.4 is 5.73 Å². The number of hydrazone groups is 1. The lowest BCUT2D eigenvalue weighted by atomic mass is 10.2. The van der Waals surface area contributed by atoms with E-state index in [2.05, 4.69) is 5.10 Å². The van der Waals surface area contributed by atoms with Crippen LogP contribution in [0, 0.1) is 0 Å². The molecule has 1 aromatic rings. The Morgan fingerprint density at radius 3 is 2.94 bits per heavy atom. The topological polar surface area (TPSA) is 58.7 Å². The number of primary amides is 1. The molecule has 4 nitrogen and oxygen atoms in total. The Hall–Kier alpha value is -0.850. The van der Waals surface area contributed by atoms with Gasteiger partial charge in [-0.25, -0.2) is 4.41 Å². The summed E-state index contributed by atoms with van der Waals surface area (Å²) >= 11 is 8.88. The average molecular weight is 302 g/mol. The molecule has 0 fully saturated rings. The summed E-state index contributed by atoms with van der Waals surface area (Å²) in [6.45, 7) is 0. The molecule has 1 aliphatic heterocycles. The van der Waals surface area contributed by atoms with Crippen molar-refractivity contribution >= 4 is 46.8 Å². The lowest BCUT2D eigenvalue weighted by Crippen LogP contribution is -2.37. The number of hydrogen-bond donors (Lipinski definition) is 1. The van der Waals surface area contributed by atoms with Gasteiger partial charge in [-0.2, -0.15) is 5.10 Å². The van der Waals surface area contributed by atoms with E-state index in [1.165, 1.54) is 29.3 Å². The summed E-state index contributed by atoms with van der Waals surface area (Å²) in [7, 11) is 0. The van der Waals surface area contributed by atoms with Gasteiger partial charge in [0.25, 0.3) is 0 Å². The second kappa shape index (κ2) is 6.36. The second-order valence-electron chi connectivity index (χ2n) is 3.61. The number of carbonyl (C=O) groups excluding carboxylic acids is 1. The zero-order valence-corrected chi connectivity index (χ0v) is 11.8. The number of halogens is 1. The van der Waals surface area contributed by atoms with Crippen molar-refractivity contribution in [3.63, 3.8) is 0 Å². The average Bonchev–Trinajstić information content (AvgIpc) is 2.84. The predicted octanol–water partition coefficient (Wildman–Crippen LogP) is 2.25. The fraction of sp³-hybridized carbons (Fsp3) is 0.273. The molecule has 2 unspecified atom stereocenters. The highest BCUT2D eigenvalue weighted by molar-refractivity contribution is 8.13. The van der Waals surface area contributed by atoms with Gasteiger partial charge >= 0.3 is 0 Å². The van der Waals surface area contributed by atoms with Crippen LogP contribution in [0.2, 0.25) is 0 Å². The van der Waals surface area contributed by atoms with Crippen molar-refractivity contribution < 1.29 is 4.79 Å². The lowest BCUT2D eigenvalue weighted by molar-refractivity contribution is -0.117. The fourth-order valence-corrected chi connectivity index (χ4v) is 3.71. The molecule has 0 spiro atoms. The number of thioether (sulfide) groups is 1. The molecular weight excluding hydrogens is 290 g/mol. The van der Waals surface area contributed by atoms with Crippen LogP contribution in [0.25, 0.3) is 0 Å². The van der Waals surface area contributed by atoms with E-state index in [9.17, 15) is 4.79 Å². The van der Waals surface area contributed by atoms with Gasteiger partial charge in [-0.1, -0.05) is 42.1 Å². The molecule has 1 aromatic carbocycles. The maximum Gasteiger partial charge on any atom is 0.238 e. The van der Waals surface area contributed by atoms with E-state index >= 15 is 0 Å². The zero-order chi connectivity index (χ0) is 13.0. The van der Waals surface area contributed by atoms with Crippen LogP contribution in [0.15, 0.2) is 35.4 Å².